The fourth-order valence-electron chi connectivity index (χ4n) is 4.40. The number of aryl methyl sites for hydroxylation is 1. The summed E-state index contributed by atoms with van der Waals surface area (Å²) in [6, 6.07) is 8.14. The second kappa shape index (κ2) is 7.14. The summed E-state index contributed by atoms with van der Waals surface area (Å²) in [6.45, 7) is 5.26. The lowest BCUT2D eigenvalue weighted by atomic mass is 9.94. The van der Waals surface area contributed by atoms with Crippen molar-refractivity contribution in [3.05, 3.63) is 35.5 Å². The average molecular weight is 353 g/mol. The molecule has 5 nitrogen and oxygen atoms in total. The van der Waals surface area contributed by atoms with Gasteiger partial charge in [0, 0.05) is 48.7 Å². The highest BCUT2D eigenvalue weighted by atomic mass is 16.2. The van der Waals surface area contributed by atoms with Crippen molar-refractivity contribution in [1.29, 1.82) is 0 Å². The summed E-state index contributed by atoms with van der Waals surface area (Å²) < 4.78 is 0. The van der Waals surface area contributed by atoms with Crippen molar-refractivity contribution >= 4 is 22.7 Å². The number of H-pyrrole nitrogens is 1. The molecular weight excluding hydrogens is 326 g/mol. The highest BCUT2D eigenvalue weighted by Gasteiger charge is 2.31. The van der Waals surface area contributed by atoms with Crippen molar-refractivity contribution in [2.24, 2.45) is 5.92 Å². The summed E-state index contributed by atoms with van der Waals surface area (Å²) in [7, 11) is 0. The number of piperidine rings is 1. The van der Waals surface area contributed by atoms with E-state index >= 15 is 0 Å². The van der Waals surface area contributed by atoms with Crippen LogP contribution in [0.2, 0.25) is 0 Å². The number of nitrogens with zero attached hydrogens (tertiary/aromatic N) is 2. The first kappa shape index (κ1) is 17.1. The Morgan fingerprint density at radius 3 is 2.46 bits per heavy atom. The van der Waals surface area contributed by atoms with E-state index in [2.05, 4.69) is 11.1 Å². The smallest absolute Gasteiger partial charge is 0.227 e. The van der Waals surface area contributed by atoms with E-state index < -0.39 is 0 Å². The highest BCUT2D eigenvalue weighted by molar-refractivity contribution is 5.90. The second-order valence-electron chi connectivity index (χ2n) is 7.64. The van der Waals surface area contributed by atoms with Gasteiger partial charge in [-0.3, -0.25) is 9.59 Å². The number of amides is 2. The lowest BCUT2D eigenvalue weighted by molar-refractivity contribution is -0.139. The maximum atomic E-state index is 12.8. The summed E-state index contributed by atoms with van der Waals surface area (Å²) in [5.41, 5.74) is 3.25. The number of likely N-dealkylation sites (tertiary alicyclic amines) is 2. The normalized spacial score (nSPS) is 18.7. The first-order chi connectivity index (χ1) is 12.6. The Kier molecular flexibility index (Phi) is 4.70. The van der Waals surface area contributed by atoms with E-state index in [9.17, 15) is 9.59 Å². The Balaban J connectivity index is 1.37. The Hall–Kier alpha value is -2.30. The summed E-state index contributed by atoms with van der Waals surface area (Å²) in [5, 5.41) is 1.14. The fraction of sp³-hybridized carbons (Fsp3) is 0.524. The number of hydrogen-bond acceptors (Lipinski definition) is 2. The predicted octanol–water partition coefficient (Wildman–Crippen LogP) is 2.88. The number of hydrogen-bond donors (Lipinski definition) is 1. The number of aromatic nitrogens is 1. The van der Waals surface area contributed by atoms with Gasteiger partial charge in [0.15, 0.2) is 0 Å². The highest BCUT2D eigenvalue weighted by Crippen LogP contribution is 2.25. The third-order valence-corrected chi connectivity index (χ3v) is 5.97. The summed E-state index contributed by atoms with van der Waals surface area (Å²) in [4.78, 5) is 32.7. The van der Waals surface area contributed by atoms with Gasteiger partial charge < -0.3 is 14.8 Å². The number of nitrogens with one attached hydrogen (secondary N) is 1. The van der Waals surface area contributed by atoms with Gasteiger partial charge in [-0.05, 0) is 44.2 Å². The van der Waals surface area contributed by atoms with E-state index in [1.54, 1.807) is 0 Å². The van der Waals surface area contributed by atoms with Crippen molar-refractivity contribution < 1.29 is 9.59 Å². The van der Waals surface area contributed by atoms with E-state index in [1.807, 2.05) is 34.9 Å². The van der Waals surface area contributed by atoms with Crippen molar-refractivity contribution in [3.63, 3.8) is 0 Å². The van der Waals surface area contributed by atoms with Crippen molar-refractivity contribution in [2.75, 3.05) is 26.2 Å². The van der Waals surface area contributed by atoms with E-state index in [0.717, 1.165) is 60.9 Å². The molecule has 0 aliphatic carbocycles. The Morgan fingerprint density at radius 2 is 1.73 bits per heavy atom. The van der Waals surface area contributed by atoms with Gasteiger partial charge in [-0.25, -0.2) is 0 Å². The van der Waals surface area contributed by atoms with Crippen LogP contribution in [-0.4, -0.2) is 52.8 Å². The molecule has 2 saturated heterocycles. The Morgan fingerprint density at radius 1 is 1.04 bits per heavy atom. The standard InChI is InChI=1S/C21H27N3O2/c1-15-18(17-6-2-3-7-19(17)22-15)14-20(25)23-12-8-16(9-13-23)21(26)24-10-4-5-11-24/h2-3,6-7,16,22H,4-5,8-14H2,1H3. The zero-order valence-electron chi connectivity index (χ0n) is 15.5. The SMILES string of the molecule is Cc1[nH]c2ccccc2c1CC(=O)N1CCC(C(=O)N2CCCC2)CC1. The van der Waals surface area contributed by atoms with Crippen LogP contribution in [0, 0.1) is 12.8 Å². The molecule has 2 aliphatic heterocycles. The number of benzene rings is 1. The maximum Gasteiger partial charge on any atom is 0.227 e. The lowest BCUT2D eigenvalue weighted by Crippen LogP contribution is -2.44. The minimum atomic E-state index is 0.104. The average Bonchev–Trinajstić information content (AvgIpc) is 3.30. The zero-order chi connectivity index (χ0) is 18.1. The van der Waals surface area contributed by atoms with E-state index in [1.165, 1.54) is 0 Å². The van der Waals surface area contributed by atoms with Crippen LogP contribution >= 0.6 is 0 Å². The molecule has 5 heteroatoms. The fourth-order valence-corrected chi connectivity index (χ4v) is 4.40. The number of para-hydroxylation sites is 1. The summed E-state index contributed by atoms with van der Waals surface area (Å²) in [5.74, 6) is 0.582. The minimum absolute atomic E-state index is 0.104. The summed E-state index contributed by atoms with van der Waals surface area (Å²) >= 11 is 0. The van der Waals surface area contributed by atoms with Gasteiger partial charge in [-0.1, -0.05) is 18.2 Å². The summed E-state index contributed by atoms with van der Waals surface area (Å²) in [6.07, 6.45) is 4.29. The second-order valence-corrected chi connectivity index (χ2v) is 7.64. The number of carbonyl (C=O) groups is 2. The van der Waals surface area contributed by atoms with Crippen LogP contribution in [0.25, 0.3) is 10.9 Å². The van der Waals surface area contributed by atoms with Gasteiger partial charge in [0.2, 0.25) is 11.8 Å². The predicted molar refractivity (Wildman–Crippen MR) is 102 cm³/mol. The van der Waals surface area contributed by atoms with Gasteiger partial charge in [-0.15, -0.1) is 0 Å². The van der Waals surface area contributed by atoms with Gasteiger partial charge in [0.05, 0.1) is 6.42 Å². The number of rotatable bonds is 3. The van der Waals surface area contributed by atoms with Crippen LogP contribution in [0.1, 0.15) is 36.9 Å². The van der Waals surface area contributed by atoms with Crippen LogP contribution in [-0.2, 0) is 16.0 Å². The van der Waals surface area contributed by atoms with E-state index in [-0.39, 0.29) is 11.8 Å². The first-order valence-corrected chi connectivity index (χ1v) is 9.76. The molecule has 3 heterocycles. The molecule has 0 spiro atoms. The van der Waals surface area contributed by atoms with Crippen molar-refractivity contribution in [1.82, 2.24) is 14.8 Å². The quantitative estimate of drug-likeness (QED) is 0.922. The van der Waals surface area contributed by atoms with E-state index in [0.29, 0.717) is 25.4 Å². The molecule has 2 aliphatic rings. The first-order valence-electron chi connectivity index (χ1n) is 9.76. The molecule has 138 valence electrons. The molecule has 1 aromatic carbocycles. The molecule has 0 atom stereocenters. The largest absolute Gasteiger partial charge is 0.358 e. The molecule has 1 aromatic heterocycles. The zero-order valence-corrected chi connectivity index (χ0v) is 15.5. The van der Waals surface area contributed by atoms with Gasteiger partial charge >= 0.3 is 0 Å². The molecule has 2 fully saturated rings. The monoisotopic (exact) mass is 353 g/mol. The van der Waals surface area contributed by atoms with Crippen LogP contribution in [0.3, 0.4) is 0 Å². The van der Waals surface area contributed by atoms with Gasteiger partial charge in [0.25, 0.3) is 0 Å². The number of aromatic amines is 1. The van der Waals surface area contributed by atoms with Crippen LogP contribution in [0.4, 0.5) is 0 Å². The van der Waals surface area contributed by atoms with E-state index in [4.69, 9.17) is 0 Å². The molecule has 0 bridgehead atoms. The van der Waals surface area contributed by atoms with Crippen molar-refractivity contribution in [3.8, 4) is 0 Å². The molecule has 2 aromatic rings. The molecule has 1 N–H and O–H groups in total. The Bertz CT molecular complexity index is 812. The maximum absolute atomic E-state index is 12.8. The van der Waals surface area contributed by atoms with Gasteiger partial charge in [0.1, 0.15) is 0 Å². The van der Waals surface area contributed by atoms with Crippen molar-refractivity contribution in [2.45, 2.75) is 39.0 Å². The van der Waals surface area contributed by atoms with Crippen LogP contribution < -0.4 is 0 Å². The topological polar surface area (TPSA) is 56.4 Å². The molecular formula is C21H27N3O2. The molecule has 4 rings (SSSR count). The minimum Gasteiger partial charge on any atom is -0.358 e. The Labute approximate surface area is 154 Å². The van der Waals surface area contributed by atoms with Crippen LogP contribution in [0.5, 0.6) is 0 Å². The lowest BCUT2D eigenvalue weighted by Gasteiger charge is -2.33. The molecule has 0 radical (unpaired) electrons. The molecule has 26 heavy (non-hydrogen) atoms. The molecule has 2 amide bonds. The van der Waals surface area contributed by atoms with Gasteiger partial charge in [-0.2, -0.15) is 0 Å². The third kappa shape index (κ3) is 3.22. The molecule has 0 unspecified atom stereocenters. The third-order valence-electron chi connectivity index (χ3n) is 5.97. The number of carbonyl (C=O) groups excluding carboxylic acids is 2. The number of fused-ring (bicyclic) bond motifs is 1. The molecule has 0 saturated carbocycles. The van der Waals surface area contributed by atoms with Crippen LogP contribution in [0.15, 0.2) is 24.3 Å².